The molecule has 4 fully saturated rings. The Hall–Kier alpha value is -1.18. The minimum absolute atomic E-state index is 0.134. The smallest absolute Gasteiger partial charge is 0.326 e. The molecule has 206 valence electrons. The normalized spacial score (nSPS) is 43.6. The highest BCUT2D eigenvalue weighted by atomic mass is 16.4. The number of aliphatic hydroxyl groups is 2. The lowest BCUT2D eigenvalue weighted by Crippen LogP contribution is -2.58. The number of hydrogen-bond acceptors (Lipinski definition) is 5. The van der Waals surface area contributed by atoms with Crippen LogP contribution >= 0.6 is 0 Å². The number of carbonyl (C=O) groups is 2. The number of nitrogens with two attached hydrogens (primary N) is 1. The van der Waals surface area contributed by atoms with Gasteiger partial charge >= 0.3 is 5.97 Å². The second kappa shape index (κ2) is 10.9. The van der Waals surface area contributed by atoms with E-state index in [1.165, 1.54) is 25.7 Å². The fraction of sp³-hybridized carbons (Fsp3) is 0.931. The van der Waals surface area contributed by atoms with E-state index in [-0.39, 0.29) is 34.9 Å². The lowest BCUT2D eigenvalue weighted by atomic mass is 9.44. The van der Waals surface area contributed by atoms with Crippen LogP contribution in [0.15, 0.2) is 0 Å². The minimum atomic E-state index is -0.995. The van der Waals surface area contributed by atoms with E-state index in [4.69, 9.17) is 5.73 Å². The van der Waals surface area contributed by atoms with Gasteiger partial charge in [-0.15, -0.1) is 0 Å². The Balaban J connectivity index is 1.38. The zero-order chi connectivity index (χ0) is 26.3. The Kier molecular flexibility index (Phi) is 8.43. The van der Waals surface area contributed by atoms with Crippen molar-refractivity contribution >= 4 is 11.9 Å². The summed E-state index contributed by atoms with van der Waals surface area (Å²) in [7, 11) is 0. The van der Waals surface area contributed by atoms with Gasteiger partial charge in [0.15, 0.2) is 0 Å². The van der Waals surface area contributed by atoms with E-state index in [0.29, 0.717) is 55.4 Å². The molecule has 11 atom stereocenters. The molecule has 36 heavy (non-hydrogen) atoms. The van der Waals surface area contributed by atoms with Crippen LogP contribution in [0.2, 0.25) is 0 Å². The number of nitrogens with one attached hydrogen (secondary N) is 1. The van der Waals surface area contributed by atoms with Crippen molar-refractivity contribution in [2.75, 3.05) is 6.54 Å². The van der Waals surface area contributed by atoms with Crippen molar-refractivity contribution in [1.82, 2.24) is 5.32 Å². The monoisotopic (exact) mass is 506 g/mol. The number of aliphatic hydroxyl groups excluding tert-OH is 2. The number of carboxylic acids is 1. The molecule has 4 saturated carbocycles. The van der Waals surface area contributed by atoms with Crippen molar-refractivity contribution < 1.29 is 24.9 Å². The SMILES string of the molecule is C[C@H](CCC(=O)N[C@@H](CCCN)C(=O)O)[C@H]1CC[C@H]2[C@@H]3C[C@H](O)[C@@H]4C[C@H](O)CC[C@]4(C)[C@H]3CC[C@]12C. The predicted molar refractivity (Wildman–Crippen MR) is 139 cm³/mol. The van der Waals surface area contributed by atoms with E-state index in [2.05, 4.69) is 26.1 Å². The Morgan fingerprint density at radius 2 is 1.67 bits per heavy atom. The quantitative estimate of drug-likeness (QED) is 0.324. The molecule has 0 unspecified atom stereocenters. The highest BCUT2D eigenvalue weighted by molar-refractivity contribution is 5.83. The first-order chi connectivity index (χ1) is 17.0. The van der Waals surface area contributed by atoms with E-state index in [0.717, 1.165) is 32.1 Å². The van der Waals surface area contributed by atoms with Crippen molar-refractivity contribution in [2.24, 2.45) is 52.1 Å². The third-order valence-corrected chi connectivity index (χ3v) is 11.6. The van der Waals surface area contributed by atoms with Gasteiger partial charge in [0.25, 0.3) is 0 Å². The molecule has 7 heteroatoms. The summed E-state index contributed by atoms with van der Waals surface area (Å²) in [5.74, 6) is 1.81. The van der Waals surface area contributed by atoms with Gasteiger partial charge in [-0.2, -0.15) is 0 Å². The zero-order valence-corrected chi connectivity index (χ0v) is 22.6. The fourth-order valence-electron chi connectivity index (χ4n) is 9.66. The van der Waals surface area contributed by atoms with Crippen molar-refractivity contribution in [3.63, 3.8) is 0 Å². The molecule has 0 heterocycles. The number of amides is 1. The molecule has 0 aromatic rings. The van der Waals surface area contributed by atoms with Gasteiger partial charge in [-0.1, -0.05) is 20.8 Å². The van der Waals surface area contributed by atoms with E-state index >= 15 is 0 Å². The van der Waals surface area contributed by atoms with E-state index < -0.39 is 12.0 Å². The number of carboxylic acid groups (broad SMARTS) is 1. The van der Waals surface area contributed by atoms with Crippen LogP contribution in [0.1, 0.15) is 97.8 Å². The highest BCUT2D eigenvalue weighted by Crippen LogP contribution is 2.68. The predicted octanol–water partition coefficient (Wildman–Crippen LogP) is 3.70. The molecule has 4 aliphatic rings. The molecule has 0 saturated heterocycles. The Labute approximate surface area is 217 Å². The van der Waals surface area contributed by atoms with Crippen LogP contribution < -0.4 is 11.1 Å². The maximum atomic E-state index is 12.6. The van der Waals surface area contributed by atoms with Crippen LogP contribution in [-0.4, -0.2) is 52.0 Å². The Morgan fingerprint density at radius 1 is 0.972 bits per heavy atom. The van der Waals surface area contributed by atoms with Crippen molar-refractivity contribution in [1.29, 1.82) is 0 Å². The summed E-state index contributed by atoms with van der Waals surface area (Å²) in [6, 6.07) is -0.858. The summed E-state index contributed by atoms with van der Waals surface area (Å²) in [6.07, 6.45) is 9.81. The standard InChI is InChI=1S/C29H50N2O5/c1-17(6-9-26(34)31-24(27(35)36)5-4-14-30)20-7-8-21-19-16-25(33)23-15-18(32)10-12-29(23,3)22(19)11-13-28(20,21)2/h17-25,32-33H,4-16,30H2,1-3H3,(H,31,34)(H,35,36)/t17-,18-,19+,20-,21+,22+,23+,24+,25+,28-,29-/m1/s1. The first-order valence-electron chi connectivity index (χ1n) is 14.6. The number of hydrogen-bond donors (Lipinski definition) is 5. The number of aliphatic carboxylic acids is 1. The first-order valence-corrected chi connectivity index (χ1v) is 14.6. The molecule has 0 aromatic heterocycles. The third kappa shape index (κ3) is 5.09. The minimum Gasteiger partial charge on any atom is -0.480 e. The van der Waals surface area contributed by atoms with Gasteiger partial charge in [-0.3, -0.25) is 4.79 Å². The molecule has 0 radical (unpaired) electrons. The van der Waals surface area contributed by atoms with Gasteiger partial charge < -0.3 is 26.4 Å². The maximum absolute atomic E-state index is 12.6. The molecule has 1 amide bonds. The lowest BCUT2D eigenvalue weighted by Gasteiger charge is -2.62. The van der Waals surface area contributed by atoms with Crippen LogP contribution in [0.25, 0.3) is 0 Å². The molecule has 4 rings (SSSR count). The molecular formula is C29H50N2O5. The van der Waals surface area contributed by atoms with E-state index in [1.807, 2.05) is 0 Å². The maximum Gasteiger partial charge on any atom is 0.326 e. The van der Waals surface area contributed by atoms with Gasteiger partial charge in [0.1, 0.15) is 6.04 Å². The summed E-state index contributed by atoms with van der Waals surface area (Å²) >= 11 is 0. The van der Waals surface area contributed by atoms with E-state index in [9.17, 15) is 24.9 Å². The lowest BCUT2D eigenvalue weighted by molar-refractivity contribution is -0.172. The fourth-order valence-corrected chi connectivity index (χ4v) is 9.66. The summed E-state index contributed by atoms with van der Waals surface area (Å²) in [6.45, 7) is 7.56. The first kappa shape index (κ1) is 27.8. The molecule has 4 aliphatic carbocycles. The second-order valence-corrected chi connectivity index (χ2v) is 13.4. The average molecular weight is 507 g/mol. The summed E-state index contributed by atoms with van der Waals surface area (Å²) in [5, 5.41) is 33.6. The molecular weight excluding hydrogens is 456 g/mol. The zero-order valence-electron chi connectivity index (χ0n) is 22.6. The van der Waals surface area contributed by atoms with Crippen LogP contribution in [0, 0.1) is 46.3 Å². The van der Waals surface area contributed by atoms with Gasteiger partial charge in [-0.05, 0) is 124 Å². The van der Waals surface area contributed by atoms with Crippen LogP contribution in [-0.2, 0) is 9.59 Å². The Bertz CT molecular complexity index is 807. The second-order valence-electron chi connectivity index (χ2n) is 13.4. The largest absolute Gasteiger partial charge is 0.480 e. The van der Waals surface area contributed by atoms with Crippen LogP contribution in [0.4, 0.5) is 0 Å². The Morgan fingerprint density at radius 3 is 2.36 bits per heavy atom. The van der Waals surface area contributed by atoms with Crippen molar-refractivity contribution in [3.8, 4) is 0 Å². The van der Waals surface area contributed by atoms with Gasteiger partial charge in [-0.25, -0.2) is 4.79 Å². The molecule has 0 aliphatic heterocycles. The van der Waals surface area contributed by atoms with Crippen LogP contribution in [0.3, 0.4) is 0 Å². The summed E-state index contributed by atoms with van der Waals surface area (Å²) in [5.41, 5.74) is 5.88. The summed E-state index contributed by atoms with van der Waals surface area (Å²) < 4.78 is 0. The number of fused-ring (bicyclic) bond motifs is 5. The van der Waals surface area contributed by atoms with E-state index in [1.54, 1.807) is 0 Å². The van der Waals surface area contributed by atoms with Crippen LogP contribution in [0.5, 0.6) is 0 Å². The molecule has 7 nitrogen and oxygen atoms in total. The summed E-state index contributed by atoms with van der Waals surface area (Å²) in [4.78, 5) is 24.0. The topological polar surface area (TPSA) is 133 Å². The third-order valence-electron chi connectivity index (χ3n) is 11.6. The number of carbonyl (C=O) groups excluding carboxylic acids is 1. The highest BCUT2D eigenvalue weighted by Gasteiger charge is 2.62. The molecule has 0 aromatic carbocycles. The van der Waals surface area contributed by atoms with Gasteiger partial charge in [0.2, 0.25) is 5.91 Å². The molecule has 6 N–H and O–H groups in total. The molecule has 0 spiro atoms. The van der Waals surface area contributed by atoms with Crippen molar-refractivity contribution in [3.05, 3.63) is 0 Å². The van der Waals surface area contributed by atoms with Crippen molar-refractivity contribution in [2.45, 2.75) is 116 Å². The van der Waals surface area contributed by atoms with Gasteiger partial charge in [0.05, 0.1) is 12.2 Å². The number of rotatable bonds is 9. The van der Waals surface area contributed by atoms with Gasteiger partial charge in [0, 0.05) is 6.42 Å². The average Bonchev–Trinajstić information content (AvgIpc) is 3.18. The molecule has 0 bridgehead atoms.